The van der Waals surface area contributed by atoms with Crippen LogP contribution >= 0.6 is 11.6 Å². The van der Waals surface area contributed by atoms with E-state index in [1.165, 1.54) is 0 Å². The first-order valence-corrected chi connectivity index (χ1v) is 7.24. The van der Waals surface area contributed by atoms with E-state index in [4.69, 9.17) is 11.6 Å². The van der Waals surface area contributed by atoms with Crippen LogP contribution in [0.4, 0.5) is 5.82 Å². The molecule has 1 fully saturated rings. The molecular weight excluding hydrogens is 276 g/mol. The molecule has 0 spiro atoms. The smallest absolute Gasteiger partial charge is 0.251 e. The largest absolute Gasteiger partial charge is 0.373 e. The van der Waals surface area contributed by atoms with Crippen LogP contribution in [0, 0.1) is 0 Å². The van der Waals surface area contributed by atoms with Crippen LogP contribution in [-0.2, 0) is 0 Å². The second-order valence-electron chi connectivity index (χ2n) is 5.34. The van der Waals surface area contributed by atoms with Crippen molar-refractivity contribution in [2.45, 2.75) is 31.8 Å². The van der Waals surface area contributed by atoms with Crippen LogP contribution in [-0.4, -0.2) is 48.5 Å². The van der Waals surface area contributed by atoms with Gasteiger partial charge in [-0.2, -0.15) is 0 Å². The highest BCUT2D eigenvalue weighted by Gasteiger charge is 2.24. The number of amides is 1. The van der Waals surface area contributed by atoms with Gasteiger partial charge in [0, 0.05) is 31.2 Å². The number of halogens is 1. The Balaban J connectivity index is 2.03. The van der Waals surface area contributed by atoms with Gasteiger partial charge in [0.25, 0.3) is 5.91 Å². The number of piperidine rings is 1. The molecule has 110 valence electrons. The molecule has 1 aromatic heterocycles. The number of pyridine rings is 1. The molecule has 0 bridgehead atoms. The lowest BCUT2D eigenvalue weighted by Crippen LogP contribution is -2.47. The standard InChI is InChI=1S/C14H21ClN4O/c1-9-6-11(4-5-19(9)3)17-14(20)10-7-12(15)18-13(8-10)16-2/h7-9,11H,4-6H2,1-3H3,(H,16,18)(H,17,20). The number of nitrogens with zero attached hydrogens (tertiary/aromatic N) is 2. The Labute approximate surface area is 124 Å². The molecule has 20 heavy (non-hydrogen) atoms. The van der Waals surface area contributed by atoms with Crippen molar-refractivity contribution in [3.05, 3.63) is 22.8 Å². The molecule has 1 aliphatic heterocycles. The molecule has 1 aromatic rings. The number of aromatic nitrogens is 1. The van der Waals surface area contributed by atoms with Crippen LogP contribution in [0.1, 0.15) is 30.1 Å². The van der Waals surface area contributed by atoms with Gasteiger partial charge in [-0.05, 0) is 38.9 Å². The van der Waals surface area contributed by atoms with Gasteiger partial charge in [-0.15, -0.1) is 0 Å². The van der Waals surface area contributed by atoms with Crippen molar-refractivity contribution in [3.8, 4) is 0 Å². The summed E-state index contributed by atoms with van der Waals surface area (Å²) < 4.78 is 0. The van der Waals surface area contributed by atoms with Gasteiger partial charge in [0.2, 0.25) is 0 Å². The molecule has 5 nitrogen and oxygen atoms in total. The molecule has 1 saturated heterocycles. The molecular formula is C14H21ClN4O. The van der Waals surface area contributed by atoms with Crippen LogP contribution in [0.3, 0.4) is 0 Å². The Morgan fingerprint density at radius 1 is 1.50 bits per heavy atom. The minimum atomic E-state index is -0.0902. The third-order valence-corrected chi connectivity index (χ3v) is 4.05. The monoisotopic (exact) mass is 296 g/mol. The number of nitrogens with one attached hydrogen (secondary N) is 2. The Morgan fingerprint density at radius 3 is 2.90 bits per heavy atom. The Hall–Kier alpha value is -1.33. The highest BCUT2D eigenvalue weighted by molar-refractivity contribution is 6.29. The molecule has 0 aliphatic carbocycles. The molecule has 2 rings (SSSR count). The third kappa shape index (κ3) is 3.61. The second kappa shape index (κ2) is 6.41. The zero-order valence-corrected chi connectivity index (χ0v) is 12.9. The van der Waals surface area contributed by atoms with Crippen molar-refractivity contribution >= 4 is 23.3 Å². The minimum Gasteiger partial charge on any atom is -0.373 e. The highest BCUT2D eigenvalue weighted by atomic mass is 35.5. The van der Waals surface area contributed by atoms with E-state index in [9.17, 15) is 4.79 Å². The first-order valence-electron chi connectivity index (χ1n) is 6.86. The minimum absolute atomic E-state index is 0.0902. The lowest BCUT2D eigenvalue weighted by molar-refractivity contribution is 0.0896. The van der Waals surface area contributed by atoms with Crippen LogP contribution in [0.25, 0.3) is 0 Å². The first-order chi connectivity index (χ1) is 9.49. The normalized spacial score (nSPS) is 23.4. The lowest BCUT2D eigenvalue weighted by Gasteiger charge is -2.35. The van der Waals surface area contributed by atoms with Crippen LogP contribution in [0.15, 0.2) is 12.1 Å². The van der Waals surface area contributed by atoms with E-state index in [2.05, 4.69) is 34.5 Å². The van der Waals surface area contributed by atoms with Crippen molar-refractivity contribution < 1.29 is 4.79 Å². The molecule has 1 aliphatic rings. The van der Waals surface area contributed by atoms with E-state index in [0.29, 0.717) is 22.6 Å². The fourth-order valence-corrected chi connectivity index (χ4v) is 2.65. The Bertz CT molecular complexity index is 494. The molecule has 1 amide bonds. The molecule has 2 atom stereocenters. The highest BCUT2D eigenvalue weighted by Crippen LogP contribution is 2.18. The van der Waals surface area contributed by atoms with E-state index in [0.717, 1.165) is 19.4 Å². The zero-order chi connectivity index (χ0) is 14.7. The summed E-state index contributed by atoms with van der Waals surface area (Å²) in [6.07, 6.45) is 1.95. The Kier molecular flexibility index (Phi) is 4.83. The molecule has 2 heterocycles. The van der Waals surface area contributed by atoms with Gasteiger partial charge in [0.15, 0.2) is 0 Å². The fourth-order valence-electron chi connectivity index (χ4n) is 2.45. The van der Waals surface area contributed by atoms with Crippen LogP contribution < -0.4 is 10.6 Å². The predicted octanol–water partition coefficient (Wildman–Crippen LogP) is 1.99. The summed E-state index contributed by atoms with van der Waals surface area (Å²) in [5.41, 5.74) is 0.543. The number of anilines is 1. The van der Waals surface area contributed by atoms with E-state index in [1.807, 2.05) is 0 Å². The lowest BCUT2D eigenvalue weighted by atomic mass is 9.98. The average Bonchev–Trinajstić information content (AvgIpc) is 2.42. The molecule has 2 unspecified atom stereocenters. The van der Waals surface area contributed by atoms with Crippen molar-refractivity contribution in [3.63, 3.8) is 0 Å². The van der Waals surface area contributed by atoms with Gasteiger partial charge < -0.3 is 15.5 Å². The number of carbonyl (C=O) groups is 1. The van der Waals surface area contributed by atoms with Crippen molar-refractivity contribution in [1.29, 1.82) is 0 Å². The summed E-state index contributed by atoms with van der Waals surface area (Å²) in [4.78, 5) is 18.7. The quantitative estimate of drug-likeness (QED) is 0.838. The van der Waals surface area contributed by atoms with Gasteiger partial charge in [-0.25, -0.2) is 4.98 Å². The topological polar surface area (TPSA) is 57.3 Å². The van der Waals surface area contributed by atoms with Gasteiger partial charge in [0.1, 0.15) is 11.0 Å². The van der Waals surface area contributed by atoms with E-state index >= 15 is 0 Å². The molecule has 6 heteroatoms. The van der Waals surface area contributed by atoms with Crippen molar-refractivity contribution in [2.24, 2.45) is 0 Å². The molecule has 0 radical (unpaired) electrons. The predicted molar refractivity (Wildman–Crippen MR) is 81.4 cm³/mol. The zero-order valence-electron chi connectivity index (χ0n) is 12.1. The molecule has 2 N–H and O–H groups in total. The number of carbonyl (C=O) groups excluding carboxylic acids is 1. The summed E-state index contributed by atoms with van der Waals surface area (Å²) in [5, 5.41) is 6.30. The van der Waals surface area contributed by atoms with Gasteiger partial charge in [0.05, 0.1) is 0 Å². The fraction of sp³-hybridized carbons (Fsp3) is 0.571. The number of hydrogen-bond acceptors (Lipinski definition) is 4. The SMILES string of the molecule is CNc1cc(C(=O)NC2CCN(C)C(C)C2)cc(Cl)n1. The maximum Gasteiger partial charge on any atom is 0.251 e. The van der Waals surface area contributed by atoms with E-state index in [1.54, 1.807) is 19.2 Å². The van der Waals surface area contributed by atoms with E-state index in [-0.39, 0.29) is 11.9 Å². The Morgan fingerprint density at radius 2 is 2.25 bits per heavy atom. The molecule has 0 aromatic carbocycles. The maximum absolute atomic E-state index is 12.3. The van der Waals surface area contributed by atoms with Gasteiger partial charge in [-0.3, -0.25) is 4.79 Å². The number of hydrogen-bond donors (Lipinski definition) is 2. The van der Waals surface area contributed by atoms with E-state index < -0.39 is 0 Å². The van der Waals surface area contributed by atoms with Crippen LogP contribution in [0.2, 0.25) is 5.15 Å². The summed E-state index contributed by atoms with van der Waals surface area (Å²) in [7, 11) is 3.86. The van der Waals surface area contributed by atoms with Gasteiger partial charge in [-0.1, -0.05) is 11.6 Å². The first kappa shape index (κ1) is 15.1. The average molecular weight is 297 g/mol. The number of likely N-dealkylation sites (tertiary alicyclic amines) is 1. The summed E-state index contributed by atoms with van der Waals surface area (Å²) in [6, 6.07) is 4.01. The second-order valence-corrected chi connectivity index (χ2v) is 5.73. The summed E-state index contributed by atoms with van der Waals surface area (Å²) in [6.45, 7) is 3.19. The van der Waals surface area contributed by atoms with Gasteiger partial charge >= 0.3 is 0 Å². The number of rotatable bonds is 3. The summed E-state index contributed by atoms with van der Waals surface area (Å²) in [5.74, 6) is 0.506. The van der Waals surface area contributed by atoms with Crippen molar-refractivity contribution in [1.82, 2.24) is 15.2 Å². The summed E-state index contributed by atoms with van der Waals surface area (Å²) >= 11 is 5.92. The van der Waals surface area contributed by atoms with Crippen LogP contribution in [0.5, 0.6) is 0 Å². The van der Waals surface area contributed by atoms with Crippen molar-refractivity contribution in [2.75, 3.05) is 26.0 Å². The maximum atomic E-state index is 12.3. The third-order valence-electron chi connectivity index (χ3n) is 3.86. The molecule has 0 saturated carbocycles.